The van der Waals surface area contributed by atoms with Gasteiger partial charge in [-0.1, -0.05) is 64.4 Å². The fourth-order valence-corrected chi connectivity index (χ4v) is 2.84. The third-order valence-electron chi connectivity index (χ3n) is 3.97. The Hall–Kier alpha value is -0.820. The summed E-state index contributed by atoms with van der Waals surface area (Å²) >= 11 is 0. The topological polar surface area (TPSA) is 12.0 Å². The van der Waals surface area contributed by atoms with Crippen LogP contribution in [0.5, 0.6) is 0 Å². The second kappa shape index (κ2) is 7.58. The second-order valence-corrected chi connectivity index (χ2v) is 5.85. The summed E-state index contributed by atoms with van der Waals surface area (Å²) in [6, 6.07) is 11.6. The van der Waals surface area contributed by atoms with Gasteiger partial charge in [0.05, 0.1) is 0 Å². The maximum Gasteiger partial charge on any atom is 0.0138 e. The predicted octanol–water partition coefficient (Wildman–Crippen LogP) is 4.45. The Morgan fingerprint density at radius 1 is 1.06 bits per heavy atom. The maximum absolute atomic E-state index is 3.55. The van der Waals surface area contributed by atoms with E-state index in [9.17, 15) is 0 Å². The van der Waals surface area contributed by atoms with Crippen LogP contribution in [0.2, 0.25) is 0 Å². The molecule has 1 aromatic carbocycles. The molecule has 0 heterocycles. The van der Waals surface area contributed by atoms with Crippen LogP contribution in [0.3, 0.4) is 0 Å². The molecule has 1 nitrogen and oxygen atoms in total. The van der Waals surface area contributed by atoms with Gasteiger partial charge in [-0.05, 0) is 30.9 Å². The van der Waals surface area contributed by atoms with E-state index >= 15 is 0 Å². The molecule has 0 aliphatic carbocycles. The van der Waals surface area contributed by atoms with E-state index < -0.39 is 0 Å². The van der Waals surface area contributed by atoms with Crippen LogP contribution in [-0.4, -0.2) is 13.1 Å². The van der Waals surface area contributed by atoms with Gasteiger partial charge < -0.3 is 5.32 Å². The second-order valence-electron chi connectivity index (χ2n) is 5.85. The summed E-state index contributed by atoms with van der Waals surface area (Å²) in [5.41, 5.74) is 1.48. The van der Waals surface area contributed by atoms with E-state index in [4.69, 9.17) is 0 Å². The lowest BCUT2D eigenvalue weighted by Gasteiger charge is -2.33. The molecule has 1 aromatic rings. The van der Waals surface area contributed by atoms with Gasteiger partial charge in [-0.3, -0.25) is 0 Å². The molecule has 0 saturated heterocycles. The Balaban J connectivity index is 2.96. The first-order valence-corrected chi connectivity index (χ1v) is 7.32. The lowest BCUT2D eigenvalue weighted by atomic mass is 9.77. The van der Waals surface area contributed by atoms with Crippen molar-refractivity contribution >= 4 is 0 Å². The summed E-state index contributed by atoms with van der Waals surface area (Å²) in [7, 11) is 2.10. The molecular weight excluding hydrogens is 218 g/mol. The molecule has 0 saturated carbocycles. The summed E-state index contributed by atoms with van der Waals surface area (Å²) in [6.07, 6.45) is 2.47. The lowest BCUT2D eigenvalue weighted by molar-refractivity contribution is 0.309. The van der Waals surface area contributed by atoms with Crippen LogP contribution in [0.1, 0.15) is 52.0 Å². The van der Waals surface area contributed by atoms with Gasteiger partial charge >= 0.3 is 0 Å². The van der Waals surface area contributed by atoms with Gasteiger partial charge in [0.25, 0.3) is 0 Å². The average molecular weight is 247 g/mol. The minimum Gasteiger partial charge on any atom is -0.316 e. The van der Waals surface area contributed by atoms with Crippen LogP contribution in [0.4, 0.5) is 0 Å². The van der Waals surface area contributed by atoms with Gasteiger partial charge in [-0.2, -0.15) is 0 Å². The standard InChI is InChI=1S/C17H29N/c1-6-14(4)17(15-10-8-7-9-11-15)16(18-5)12-13(2)3/h7-11,13-14,16-18H,6,12H2,1-5H3. The molecule has 0 amide bonds. The van der Waals surface area contributed by atoms with E-state index in [0.29, 0.717) is 17.9 Å². The van der Waals surface area contributed by atoms with E-state index in [-0.39, 0.29) is 0 Å². The number of likely N-dealkylation sites (N-methyl/N-ethyl adjacent to an activating group) is 1. The quantitative estimate of drug-likeness (QED) is 0.750. The van der Waals surface area contributed by atoms with Crippen molar-refractivity contribution in [3.63, 3.8) is 0 Å². The highest BCUT2D eigenvalue weighted by atomic mass is 14.9. The fraction of sp³-hybridized carbons (Fsp3) is 0.647. The first-order valence-electron chi connectivity index (χ1n) is 7.32. The van der Waals surface area contributed by atoms with Gasteiger partial charge in [0.2, 0.25) is 0 Å². The molecule has 3 unspecified atom stereocenters. The van der Waals surface area contributed by atoms with Crippen molar-refractivity contribution < 1.29 is 0 Å². The summed E-state index contributed by atoms with van der Waals surface area (Å²) in [6.45, 7) is 9.29. The van der Waals surface area contributed by atoms with Gasteiger partial charge in [-0.25, -0.2) is 0 Å². The summed E-state index contributed by atoms with van der Waals surface area (Å²) < 4.78 is 0. The minimum atomic E-state index is 0.572. The molecule has 0 aliphatic heterocycles. The van der Waals surface area contributed by atoms with Crippen LogP contribution >= 0.6 is 0 Å². The molecule has 0 aromatic heterocycles. The van der Waals surface area contributed by atoms with Crippen molar-refractivity contribution in [1.82, 2.24) is 5.32 Å². The lowest BCUT2D eigenvalue weighted by Crippen LogP contribution is -2.36. The molecule has 0 spiro atoms. The Labute approximate surface area is 113 Å². The van der Waals surface area contributed by atoms with Gasteiger partial charge in [0.1, 0.15) is 0 Å². The summed E-state index contributed by atoms with van der Waals surface area (Å²) in [4.78, 5) is 0. The smallest absolute Gasteiger partial charge is 0.0138 e. The number of nitrogens with one attached hydrogen (secondary N) is 1. The third-order valence-corrected chi connectivity index (χ3v) is 3.97. The molecule has 3 atom stereocenters. The normalized spacial score (nSPS) is 16.6. The molecule has 18 heavy (non-hydrogen) atoms. The summed E-state index contributed by atoms with van der Waals surface area (Å²) in [5.74, 6) is 2.06. The van der Waals surface area contributed by atoms with E-state index in [1.165, 1.54) is 18.4 Å². The molecule has 1 heteroatoms. The highest BCUT2D eigenvalue weighted by molar-refractivity contribution is 5.22. The van der Waals surface area contributed by atoms with Crippen molar-refractivity contribution in [2.75, 3.05) is 7.05 Å². The van der Waals surface area contributed by atoms with Gasteiger partial charge in [0, 0.05) is 12.0 Å². The molecule has 102 valence electrons. The van der Waals surface area contributed by atoms with Crippen LogP contribution in [-0.2, 0) is 0 Å². The maximum atomic E-state index is 3.55. The number of benzene rings is 1. The largest absolute Gasteiger partial charge is 0.316 e. The van der Waals surface area contributed by atoms with Crippen LogP contribution < -0.4 is 5.32 Å². The molecule has 1 N–H and O–H groups in total. The van der Waals surface area contributed by atoms with Crippen LogP contribution in [0.15, 0.2) is 30.3 Å². The third kappa shape index (κ3) is 4.13. The first kappa shape index (κ1) is 15.2. The average Bonchev–Trinajstić information content (AvgIpc) is 2.38. The Morgan fingerprint density at radius 3 is 2.11 bits per heavy atom. The van der Waals surface area contributed by atoms with Crippen molar-refractivity contribution in [2.45, 2.75) is 52.5 Å². The predicted molar refractivity (Wildman–Crippen MR) is 80.9 cm³/mol. The Bertz CT molecular complexity index is 318. The highest BCUT2D eigenvalue weighted by Gasteiger charge is 2.26. The van der Waals surface area contributed by atoms with Crippen molar-refractivity contribution in [2.24, 2.45) is 11.8 Å². The molecule has 0 radical (unpaired) electrons. The molecule has 0 fully saturated rings. The highest BCUT2D eigenvalue weighted by Crippen LogP contribution is 2.32. The van der Waals surface area contributed by atoms with Crippen LogP contribution in [0.25, 0.3) is 0 Å². The van der Waals surface area contributed by atoms with E-state index in [2.05, 4.69) is 70.4 Å². The first-order chi connectivity index (χ1) is 8.60. The van der Waals surface area contributed by atoms with Crippen molar-refractivity contribution in [3.05, 3.63) is 35.9 Å². The van der Waals surface area contributed by atoms with Crippen LogP contribution in [0, 0.1) is 11.8 Å². The molecular formula is C17H29N. The molecule has 0 bridgehead atoms. The monoisotopic (exact) mass is 247 g/mol. The van der Waals surface area contributed by atoms with Gasteiger partial charge in [-0.15, -0.1) is 0 Å². The SMILES string of the molecule is CCC(C)C(c1ccccc1)C(CC(C)C)NC. The van der Waals surface area contributed by atoms with E-state index in [0.717, 1.165) is 5.92 Å². The minimum absolute atomic E-state index is 0.572. The number of hydrogen-bond acceptors (Lipinski definition) is 1. The number of rotatable bonds is 7. The number of hydrogen-bond donors (Lipinski definition) is 1. The summed E-state index contributed by atoms with van der Waals surface area (Å²) in [5, 5.41) is 3.55. The van der Waals surface area contributed by atoms with Crippen molar-refractivity contribution in [3.8, 4) is 0 Å². The molecule has 1 rings (SSSR count). The van der Waals surface area contributed by atoms with Crippen molar-refractivity contribution in [1.29, 1.82) is 0 Å². The zero-order chi connectivity index (χ0) is 13.5. The fourth-order valence-electron chi connectivity index (χ4n) is 2.84. The molecule has 0 aliphatic rings. The van der Waals surface area contributed by atoms with E-state index in [1.807, 2.05) is 0 Å². The Kier molecular flexibility index (Phi) is 6.42. The van der Waals surface area contributed by atoms with Gasteiger partial charge in [0.15, 0.2) is 0 Å². The zero-order valence-corrected chi connectivity index (χ0v) is 12.6. The zero-order valence-electron chi connectivity index (χ0n) is 12.6. The Morgan fingerprint density at radius 2 is 1.67 bits per heavy atom. The van der Waals surface area contributed by atoms with E-state index in [1.54, 1.807) is 0 Å².